The summed E-state index contributed by atoms with van der Waals surface area (Å²) < 4.78 is 36.3. The fourth-order valence-corrected chi connectivity index (χ4v) is 5.99. The molecule has 1 aromatic heterocycles. The summed E-state index contributed by atoms with van der Waals surface area (Å²) in [5.74, 6) is -6.55. The van der Waals surface area contributed by atoms with Crippen molar-refractivity contribution in [3.05, 3.63) is 59.9 Å². The molecule has 2 heterocycles. The quantitative estimate of drug-likeness (QED) is 0.536. The fraction of sp³-hybridized carbons (Fsp3) is 0.448. The molecule has 3 fully saturated rings. The zero-order valence-electron chi connectivity index (χ0n) is 21.3. The number of urea groups is 1. The Hall–Kier alpha value is -3.80. The van der Waals surface area contributed by atoms with E-state index in [1.807, 2.05) is 18.2 Å². The molecule has 0 spiro atoms. The molecule has 0 bridgehead atoms. The smallest absolute Gasteiger partial charge is 0.332 e. The van der Waals surface area contributed by atoms with Crippen molar-refractivity contribution in [2.24, 2.45) is 17.8 Å². The zero-order chi connectivity index (χ0) is 27.1. The van der Waals surface area contributed by atoms with E-state index >= 15 is 8.78 Å². The molecule has 0 radical (unpaired) electrons. The first kappa shape index (κ1) is 25.8. The minimum absolute atomic E-state index is 0.00687. The maximum absolute atomic E-state index is 15.4. The lowest BCUT2D eigenvalue weighted by Crippen LogP contribution is -2.67. The number of fused-ring (bicyclic) bond motifs is 1. The summed E-state index contributed by atoms with van der Waals surface area (Å²) in [6, 6.07) is 12.3. The first-order valence-electron chi connectivity index (χ1n) is 13.0. The van der Waals surface area contributed by atoms with Crippen LogP contribution in [0.5, 0.6) is 0 Å². The lowest BCUT2D eigenvalue weighted by Gasteiger charge is -2.48. The van der Waals surface area contributed by atoms with E-state index in [1.165, 1.54) is 6.92 Å². The molecule has 3 aliphatic rings. The molecular formula is C29H30F2N4O3. The van der Waals surface area contributed by atoms with Gasteiger partial charge < -0.3 is 15.4 Å². The standard InChI is InChI=1S/C29H30F2N4O3/c1-17-23(13-12-21-11-10-20(15-33-21)24-9-4-3-6-19(24)14-32)25-18(2)38-26(36)28(25,16-29(17,30)31)35-27(37)34-22-7-5-8-22/h3-4,6,9-13,15,17-18,22-23,25H,5,7-8,16H2,1-2H3,(H2,34,35,37)/b13-12+/t17-,18+,23-,25-,28-/m0/s1. The number of pyridine rings is 1. The number of nitriles is 1. The van der Waals surface area contributed by atoms with Crippen molar-refractivity contribution in [3.8, 4) is 17.2 Å². The van der Waals surface area contributed by atoms with Crippen LogP contribution in [0.15, 0.2) is 48.7 Å². The highest BCUT2D eigenvalue weighted by molar-refractivity contribution is 5.90. The number of nitrogens with one attached hydrogen (secondary N) is 2. The Kier molecular flexibility index (Phi) is 6.68. The minimum atomic E-state index is -3.21. The zero-order valence-corrected chi connectivity index (χ0v) is 21.3. The average Bonchev–Trinajstić information content (AvgIpc) is 3.10. The van der Waals surface area contributed by atoms with Crippen LogP contribution in [0, 0.1) is 29.1 Å². The molecule has 5 rings (SSSR count). The van der Waals surface area contributed by atoms with Crippen LogP contribution in [0.4, 0.5) is 13.6 Å². The van der Waals surface area contributed by atoms with Gasteiger partial charge in [-0.05, 0) is 50.3 Å². The third-order valence-corrected chi connectivity index (χ3v) is 8.32. The van der Waals surface area contributed by atoms with E-state index in [0.29, 0.717) is 11.3 Å². The second-order valence-corrected chi connectivity index (χ2v) is 10.6. The highest BCUT2D eigenvalue weighted by Crippen LogP contribution is 2.55. The summed E-state index contributed by atoms with van der Waals surface area (Å²) in [5, 5.41) is 14.8. The van der Waals surface area contributed by atoms with Gasteiger partial charge in [0.15, 0.2) is 5.54 Å². The van der Waals surface area contributed by atoms with E-state index in [1.54, 1.807) is 43.5 Å². The molecule has 198 valence electrons. The van der Waals surface area contributed by atoms with Gasteiger partial charge in [-0.25, -0.2) is 18.4 Å². The molecule has 2 amide bonds. The molecule has 1 aromatic carbocycles. The number of nitrogens with zero attached hydrogens (tertiary/aromatic N) is 2. The number of cyclic esters (lactones) is 1. The fourth-order valence-electron chi connectivity index (χ4n) is 5.99. The van der Waals surface area contributed by atoms with Crippen LogP contribution in [-0.4, -0.2) is 40.6 Å². The Morgan fingerprint density at radius 2 is 1.97 bits per heavy atom. The Morgan fingerprint density at radius 1 is 1.21 bits per heavy atom. The molecule has 2 aliphatic carbocycles. The van der Waals surface area contributed by atoms with Gasteiger partial charge in [-0.3, -0.25) is 4.98 Å². The van der Waals surface area contributed by atoms with Gasteiger partial charge >= 0.3 is 12.0 Å². The topological polar surface area (TPSA) is 104 Å². The van der Waals surface area contributed by atoms with Gasteiger partial charge in [0.2, 0.25) is 0 Å². The molecule has 5 atom stereocenters. The number of aromatic nitrogens is 1. The Labute approximate surface area is 220 Å². The number of halogens is 2. The number of esters is 1. The number of allylic oxidation sites excluding steroid dienone is 1. The van der Waals surface area contributed by atoms with Gasteiger partial charge in [0, 0.05) is 41.6 Å². The van der Waals surface area contributed by atoms with Crippen molar-refractivity contribution < 1.29 is 23.1 Å². The van der Waals surface area contributed by atoms with Crippen LogP contribution >= 0.6 is 0 Å². The van der Waals surface area contributed by atoms with Crippen LogP contribution in [-0.2, 0) is 9.53 Å². The Balaban J connectivity index is 1.42. The second kappa shape index (κ2) is 9.82. The van der Waals surface area contributed by atoms with Gasteiger partial charge in [0.05, 0.1) is 17.3 Å². The number of rotatable bonds is 5. The molecule has 9 heteroatoms. The summed E-state index contributed by atoms with van der Waals surface area (Å²) in [4.78, 5) is 30.2. The normalized spacial score (nSPS) is 30.1. The van der Waals surface area contributed by atoms with Crippen molar-refractivity contribution >= 4 is 18.1 Å². The van der Waals surface area contributed by atoms with Crippen LogP contribution < -0.4 is 10.6 Å². The highest BCUT2D eigenvalue weighted by Gasteiger charge is 2.68. The van der Waals surface area contributed by atoms with E-state index in [-0.39, 0.29) is 6.04 Å². The van der Waals surface area contributed by atoms with Gasteiger partial charge in [-0.15, -0.1) is 0 Å². The van der Waals surface area contributed by atoms with Crippen LogP contribution in [0.3, 0.4) is 0 Å². The SMILES string of the molecule is C[C@H]1OC(=O)[C@]2(NC(=O)NC3CCC3)CC(F)(F)[C@@H](C)[C@H](/C=C/c3ccc(-c4ccccc4C#N)cn3)[C@H]12. The van der Waals surface area contributed by atoms with Gasteiger partial charge in [0.25, 0.3) is 5.92 Å². The first-order chi connectivity index (χ1) is 18.1. The molecular weight excluding hydrogens is 490 g/mol. The van der Waals surface area contributed by atoms with E-state index in [2.05, 4.69) is 21.7 Å². The lowest BCUT2D eigenvalue weighted by molar-refractivity contribution is -0.158. The van der Waals surface area contributed by atoms with Crippen molar-refractivity contribution in [2.75, 3.05) is 0 Å². The third kappa shape index (κ3) is 4.53. The number of carbonyl (C=O) groups is 2. The maximum atomic E-state index is 15.4. The Morgan fingerprint density at radius 3 is 2.63 bits per heavy atom. The number of hydrogen-bond donors (Lipinski definition) is 2. The number of benzene rings is 1. The monoisotopic (exact) mass is 520 g/mol. The molecule has 2 saturated carbocycles. The summed E-state index contributed by atoms with van der Waals surface area (Å²) in [7, 11) is 0. The van der Waals surface area contributed by atoms with Gasteiger partial charge in [-0.1, -0.05) is 37.3 Å². The van der Waals surface area contributed by atoms with E-state index < -0.39 is 53.7 Å². The number of carbonyl (C=O) groups excluding carboxylic acids is 2. The number of ether oxygens (including phenoxy) is 1. The van der Waals surface area contributed by atoms with E-state index in [9.17, 15) is 14.9 Å². The molecule has 1 saturated heterocycles. The molecule has 0 unspecified atom stereocenters. The first-order valence-corrected chi connectivity index (χ1v) is 13.0. The number of amides is 2. The van der Waals surface area contributed by atoms with E-state index in [4.69, 9.17) is 4.74 Å². The third-order valence-electron chi connectivity index (χ3n) is 8.32. The summed E-state index contributed by atoms with van der Waals surface area (Å²) >= 11 is 0. The predicted octanol–water partition coefficient (Wildman–Crippen LogP) is 5.08. The molecule has 7 nitrogen and oxygen atoms in total. The minimum Gasteiger partial charge on any atom is -0.460 e. The van der Waals surface area contributed by atoms with Crippen molar-refractivity contribution in [3.63, 3.8) is 0 Å². The second-order valence-electron chi connectivity index (χ2n) is 10.6. The van der Waals surface area contributed by atoms with Crippen LogP contribution in [0.25, 0.3) is 17.2 Å². The number of hydrogen-bond acceptors (Lipinski definition) is 5. The Bertz CT molecular complexity index is 1300. The largest absolute Gasteiger partial charge is 0.460 e. The molecule has 38 heavy (non-hydrogen) atoms. The maximum Gasteiger partial charge on any atom is 0.332 e. The summed E-state index contributed by atoms with van der Waals surface area (Å²) in [6.45, 7) is 3.16. The molecule has 2 aromatic rings. The van der Waals surface area contributed by atoms with Crippen molar-refractivity contribution in [1.82, 2.24) is 15.6 Å². The highest BCUT2D eigenvalue weighted by atomic mass is 19.3. The number of alkyl halides is 2. The lowest BCUT2D eigenvalue weighted by atomic mass is 9.60. The average molecular weight is 521 g/mol. The van der Waals surface area contributed by atoms with Crippen molar-refractivity contribution in [2.45, 2.75) is 63.1 Å². The summed E-state index contributed by atoms with van der Waals surface area (Å²) in [5.41, 5.74) is 0.770. The predicted molar refractivity (Wildman–Crippen MR) is 137 cm³/mol. The van der Waals surface area contributed by atoms with Crippen LogP contribution in [0.2, 0.25) is 0 Å². The van der Waals surface area contributed by atoms with Gasteiger partial charge in [0.1, 0.15) is 6.10 Å². The van der Waals surface area contributed by atoms with Crippen molar-refractivity contribution in [1.29, 1.82) is 5.26 Å². The van der Waals surface area contributed by atoms with E-state index in [0.717, 1.165) is 30.4 Å². The van der Waals surface area contributed by atoms with Gasteiger partial charge in [-0.2, -0.15) is 5.26 Å². The summed E-state index contributed by atoms with van der Waals surface area (Å²) in [6.07, 6.45) is 6.16. The van der Waals surface area contributed by atoms with Crippen LogP contribution in [0.1, 0.15) is 50.8 Å². The molecule has 2 N–H and O–H groups in total. The molecule has 1 aliphatic heterocycles.